The lowest BCUT2D eigenvalue weighted by molar-refractivity contribution is 0.0287. The second-order valence-electron chi connectivity index (χ2n) is 6.77. The van der Waals surface area contributed by atoms with Gasteiger partial charge in [0.05, 0.1) is 6.26 Å². The number of likely N-dealkylation sites (tertiary alicyclic amines) is 1. The Labute approximate surface area is 148 Å². The maximum absolute atomic E-state index is 10.5. The van der Waals surface area contributed by atoms with Crippen molar-refractivity contribution in [2.45, 2.75) is 38.0 Å². The summed E-state index contributed by atoms with van der Waals surface area (Å²) in [5.74, 6) is 0.603. The predicted molar refractivity (Wildman–Crippen MR) is 96.0 cm³/mol. The van der Waals surface area contributed by atoms with Crippen LogP contribution in [0.2, 0.25) is 5.02 Å². The first kappa shape index (κ1) is 17.5. The van der Waals surface area contributed by atoms with Crippen molar-refractivity contribution >= 4 is 11.6 Å². The van der Waals surface area contributed by atoms with Gasteiger partial charge in [0.1, 0.15) is 11.4 Å². The van der Waals surface area contributed by atoms with Gasteiger partial charge in [-0.1, -0.05) is 29.8 Å². The van der Waals surface area contributed by atoms with Gasteiger partial charge in [0.25, 0.3) is 0 Å². The summed E-state index contributed by atoms with van der Waals surface area (Å²) >= 11 is 6.25. The number of halogens is 1. The molecule has 1 unspecified atom stereocenters. The zero-order chi connectivity index (χ0) is 17.0. The van der Waals surface area contributed by atoms with Crippen molar-refractivity contribution in [3.63, 3.8) is 0 Å². The Morgan fingerprint density at radius 3 is 2.67 bits per heavy atom. The van der Waals surface area contributed by atoms with Crippen molar-refractivity contribution in [1.29, 1.82) is 0 Å². The first-order valence-corrected chi connectivity index (χ1v) is 8.88. The maximum atomic E-state index is 10.5. The van der Waals surface area contributed by atoms with Crippen LogP contribution in [0.5, 0.6) is 0 Å². The quantitative estimate of drug-likeness (QED) is 0.840. The van der Waals surface area contributed by atoms with Gasteiger partial charge in [0.15, 0.2) is 0 Å². The van der Waals surface area contributed by atoms with Gasteiger partial charge in [-0.25, -0.2) is 0 Å². The van der Waals surface area contributed by atoms with Crippen LogP contribution in [-0.4, -0.2) is 35.7 Å². The zero-order valence-corrected chi connectivity index (χ0v) is 14.8. The van der Waals surface area contributed by atoms with E-state index in [1.54, 1.807) is 19.3 Å². The Bertz CT molecular complexity index is 635. The van der Waals surface area contributed by atoms with E-state index < -0.39 is 5.60 Å². The molecule has 1 saturated heterocycles. The second-order valence-corrected chi connectivity index (χ2v) is 7.18. The van der Waals surface area contributed by atoms with Crippen LogP contribution in [0, 0.1) is 0 Å². The van der Waals surface area contributed by atoms with Gasteiger partial charge in [-0.15, -0.1) is 0 Å². The van der Waals surface area contributed by atoms with Gasteiger partial charge in [0, 0.05) is 24.2 Å². The molecule has 0 bridgehead atoms. The maximum Gasteiger partial charge on any atom is 0.136 e. The van der Waals surface area contributed by atoms with Crippen molar-refractivity contribution in [1.82, 2.24) is 10.2 Å². The summed E-state index contributed by atoms with van der Waals surface area (Å²) in [4.78, 5) is 2.43. The molecule has 5 heteroatoms. The van der Waals surface area contributed by atoms with Crippen molar-refractivity contribution < 1.29 is 9.52 Å². The highest BCUT2D eigenvalue weighted by molar-refractivity contribution is 6.31. The lowest BCUT2D eigenvalue weighted by Crippen LogP contribution is -2.46. The van der Waals surface area contributed by atoms with E-state index in [0.717, 1.165) is 37.5 Å². The average Bonchev–Trinajstić information content (AvgIpc) is 3.12. The molecule has 1 aliphatic rings. The molecule has 0 aliphatic carbocycles. The van der Waals surface area contributed by atoms with Crippen LogP contribution >= 0.6 is 11.6 Å². The van der Waals surface area contributed by atoms with Crippen LogP contribution in [0.4, 0.5) is 0 Å². The van der Waals surface area contributed by atoms with Crippen molar-refractivity contribution in [2.24, 2.45) is 0 Å². The SMILES string of the molecule is CC(O)(CNC1CCN(Cc2ccccc2Cl)CC1)c1ccco1. The molecular weight excluding hydrogens is 324 g/mol. The van der Waals surface area contributed by atoms with E-state index in [4.69, 9.17) is 16.0 Å². The van der Waals surface area contributed by atoms with Gasteiger partial charge < -0.3 is 14.8 Å². The Morgan fingerprint density at radius 2 is 2.00 bits per heavy atom. The molecule has 4 nitrogen and oxygen atoms in total. The van der Waals surface area contributed by atoms with E-state index in [2.05, 4.69) is 16.3 Å². The number of nitrogens with one attached hydrogen (secondary N) is 1. The fourth-order valence-electron chi connectivity index (χ4n) is 3.18. The van der Waals surface area contributed by atoms with Crippen molar-refractivity contribution in [2.75, 3.05) is 19.6 Å². The van der Waals surface area contributed by atoms with Crippen LogP contribution in [0.25, 0.3) is 0 Å². The third kappa shape index (κ3) is 4.39. The summed E-state index contributed by atoms with van der Waals surface area (Å²) in [5, 5.41) is 14.8. The smallest absolute Gasteiger partial charge is 0.136 e. The topological polar surface area (TPSA) is 48.6 Å². The van der Waals surface area contributed by atoms with E-state index in [9.17, 15) is 5.11 Å². The molecule has 2 N–H and O–H groups in total. The number of piperidine rings is 1. The molecule has 1 aromatic carbocycles. The van der Waals surface area contributed by atoms with Crippen LogP contribution in [-0.2, 0) is 12.1 Å². The summed E-state index contributed by atoms with van der Waals surface area (Å²) in [7, 11) is 0. The summed E-state index contributed by atoms with van der Waals surface area (Å²) in [5.41, 5.74) is 0.212. The number of aliphatic hydroxyl groups is 1. The second kappa shape index (κ2) is 7.70. The first-order chi connectivity index (χ1) is 11.5. The first-order valence-electron chi connectivity index (χ1n) is 8.50. The molecular formula is C19H25ClN2O2. The normalized spacial score (nSPS) is 19.3. The molecule has 0 saturated carbocycles. The van der Waals surface area contributed by atoms with E-state index in [-0.39, 0.29) is 0 Å². The van der Waals surface area contributed by atoms with Gasteiger partial charge in [-0.2, -0.15) is 0 Å². The Kier molecular flexibility index (Phi) is 5.61. The fourth-order valence-corrected chi connectivity index (χ4v) is 3.37. The van der Waals surface area contributed by atoms with Crippen LogP contribution in [0.3, 0.4) is 0 Å². The molecule has 2 aromatic rings. The molecule has 0 amide bonds. The zero-order valence-electron chi connectivity index (χ0n) is 14.0. The van der Waals surface area contributed by atoms with E-state index in [1.165, 1.54) is 5.56 Å². The standard InChI is InChI=1S/C19H25ClN2O2/c1-19(23,18-7-4-12-24-18)14-21-16-8-10-22(11-9-16)13-15-5-2-3-6-17(15)20/h2-7,12,16,21,23H,8-11,13-14H2,1H3. The van der Waals surface area contributed by atoms with Gasteiger partial charge in [-0.3, -0.25) is 4.90 Å². The van der Waals surface area contributed by atoms with Crippen LogP contribution < -0.4 is 5.32 Å². The van der Waals surface area contributed by atoms with E-state index >= 15 is 0 Å². The minimum Gasteiger partial charge on any atom is -0.466 e. The summed E-state index contributed by atoms with van der Waals surface area (Å²) < 4.78 is 5.32. The highest BCUT2D eigenvalue weighted by Gasteiger charge is 2.28. The number of hydrogen-bond acceptors (Lipinski definition) is 4. The predicted octanol–water partition coefficient (Wildman–Crippen LogP) is 3.39. The highest BCUT2D eigenvalue weighted by atomic mass is 35.5. The minimum absolute atomic E-state index is 0.425. The lowest BCUT2D eigenvalue weighted by Gasteiger charge is -2.34. The fraction of sp³-hybridized carbons (Fsp3) is 0.474. The molecule has 3 rings (SSSR count). The number of nitrogens with zero attached hydrogens (tertiary/aromatic N) is 1. The van der Waals surface area contributed by atoms with Crippen LogP contribution in [0.1, 0.15) is 31.1 Å². The number of hydrogen-bond donors (Lipinski definition) is 2. The van der Waals surface area contributed by atoms with E-state index in [1.807, 2.05) is 24.3 Å². The lowest BCUT2D eigenvalue weighted by atomic mass is 10.00. The molecule has 1 aliphatic heterocycles. The van der Waals surface area contributed by atoms with Gasteiger partial charge >= 0.3 is 0 Å². The number of benzene rings is 1. The summed E-state index contributed by atoms with van der Waals surface area (Å²) in [6, 6.07) is 12.1. The third-order valence-electron chi connectivity index (χ3n) is 4.73. The largest absolute Gasteiger partial charge is 0.466 e. The summed E-state index contributed by atoms with van der Waals surface area (Å²) in [6.45, 7) is 5.25. The third-order valence-corrected chi connectivity index (χ3v) is 5.10. The number of furan rings is 1. The van der Waals surface area contributed by atoms with Gasteiger partial charge in [-0.05, 0) is 56.6 Å². The Hall–Kier alpha value is -1.33. The molecule has 0 spiro atoms. The van der Waals surface area contributed by atoms with Crippen molar-refractivity contribution in [3.8, 4) is 0 Å². The van der Waals surface area contributed by atoms with Crippen molar-refractivity contribution in [3.05, 3.63) is 59.0 Å². The molecule has 1 atom stereocenters. The molecule has 130 valence electrons. The molecule has 1 aromatic heterocycles. The molecule has 2 heterocycles. The minimum atomic E-state index is -0.974. The number of rotatable bonds is 6. The highest BCUT2D eigenvalue weighted by Crippen LogP contribution is 2.22. The average molecular weight is 349 g/mol. The summed E-state index contributed by atoms with van der Waals surface area (Å²) in [6.07, 6.45) is 3.73. The molecule has 0 radical (unpaired) electrons. The molecule has 1 fully saturated rings. The Morgan fingerprint density at radius 1 is 1.25 bits per heavy atom. The monoisotopic (exact) mass is 348 g/mol. The van der Waals surface area contributed by atoms with E-state index in [0.29, 0.717) is 18.3 Å². The van der Waals surface area contributed by atoms with Gasteiger partial charge in [0.2, 0.25) is 0 Å². The Balaban J connectivity index is 1.45. The molecule has 24 heavy (non-hydrogen) atoms. The van der Waals surface area contributed by atoms with Crippen LogP contribution in [0.15, 0.2) is 47.1 Å².